The highest BCUT2D eigenvalue weighted by molar-refractivity contribution is 7.92. The van der Waals surface area contributed by atoms with Crippen LogP contribution in [-0.2, 0) is 26.2 Å². The summed E-state index contributed by atoms with van der Waals surface area (Å²) in [6.07, 6.45) is 0. The molecule has 0 radical (unpaired) electrons. The molecule has 0 spiro atoms. The zero-order valence-corrected chi connectivity index (χ0v) is 25.2. The molecule has 0 aliphatic rings. The van der Waals surface area contributed by atoms with Crippen LogP contribution in [0, 0.1) is 6.92 Å². The van der Waals surface area contributed by atoms with Crippen LogP contribution >= 0.6 is 11.6 Å². The number of ether oxygens (including phenoxy) is 1. The van der Waals surface area contributed by atoms with Crippen LogP contribution in [0.15, 0.2) is 77.7 Å². The van der Waals surface area contributed by atoms with E-state index >= 15 is 0 Å². The van der Waals surface area contributed by atoms with Crippen molar-refractivity contribution in [3.8, 4) is 5.75 Å². The molecule has 3 rings (SSSR count). The molecule has 3 aromatic rings. The molecule has 2 amide bonds. The summed E-state index contributed by atoms with van der Waals surface area (Å²) in [6.45, 7) is 8.60. The molecule has 0 bridgehead atoms. The first-order valence-corrected chi connectivity index (χ1v) is 14.6. The quantitative estimate of drug-likeness (QED) is 0.353. The Kier molecular flexibility index (Phi) is 9.87. The van der Waals surface area contributed by atoms with Gasteiger partial charge in [0.15, 0.2) is 0 Å². The van der Waals surface area contributed by atoms with E-state index in [2.05, 4.69) is 5.32 Å². The fraction of sp³-hybridized carbons (Fsp3) is 0.333. The standard InChI is InChI=1S/C30H36ClN3O5S/c1-21-8-7-9-25(18-21)34(40(37,38)27-16-12-24(31)13-17-27)20-28(35)33(22(2)29(36)32-30(3,4)5)19-23-10-14-26(39-6)15-11-23/h7-18,22H,19-20H2,1-6H3,(H,32,36)/t22-/m0/s1. The minimum absolute atomic E-state index is 0.00793. The summed E-state index contributed by atoms with van der Waals surface area (Å²) in [4.78, 5) is 28.5. The fourth-order valence-corrected chi connectivity index (χ4v) is 5.56. The highest BCUT2D eigenvalue weighted by atomic mass is 35.5. The lowest BCUT2D eigenvalue weighted by molar-refractivity contribution is -0.140. The Labute approximate surface area is 241 Å². The van der Waals surface area contributed by atoms with Crippen molar-refractivity contribution in [3.63, 3.8) is 0 Å². The van der Waals surface area contributed by atoms with Crippen LogP contribution in [0.3, 0.4) is 0 Å². The maximum Gasteiger partial charge on any atom is 0.264 e. The van der Waals surface area contributed by atoms with E-state index in [-0.39, 0.29) is 17.3 Å². The lowest BCUT2D eigenvalue weighted by atomic mass is 10.1. The predicted octanol–water partition coefficient (Wildman–Crippen LogP) is 5.18. The molecule has 0 heterocycles. The van der Waals surface area contributed by atoms with Crippen LogP contribution in [0.2, 0.25) is 5.02 Å². The van der Waals surface area contributed by atoms with Gasteiger partial charge >= 0.3 is 0 Å². The first-order valence-electron chi connectivity index (χ1n) is 12.8. The van der Waals surface area contributed by atoms with Crippen molar-refractivity contribution in [1.82, 2.24) is 10.2 Å². The number of methoxy groups -OCH3 is 1. The Morgan fingerprint density at radius 2 is 1.62 bits per heavy atom. The molecule has 0 saturated heterocycles. The second-order valence-electron chi connectivity index (χ2n) is 10.6. The van der Waals surface area contributed by atoms with Crippen molar-refractivity contribution in [2.75, 3.05) is 18.0 Å². The fourth-order valence-electron chi connectivity index (χ4n) is 4.03. The number of carbonyl (C=O) groups excluding carboxylic acids is 2. The molecule has 1 atom stereocenters. The molecule has 40 heavy (non-hydrogen) atoms. The normalized spacial score (nSPS) is 12.4. The van der Waals surface area contributed by atoms with Crippen molar-refractivity contribution < 1.29 is 22.7 Å². The monoisotopic (exact) mass is 585 g/mol. The van der Waals surface area contributed by atoms with E-state index in [0.29, 0.717) is 16.5 Å². The average molecular weight is 586 g/mol. The molecular formula is C30H36ClN3O5S. The highest BCUT2D eigenvalue weighted by Crippen LogP contribution is 2.26. The van der Waals surface area contributed by atoms with Gasteiger partial charge in [-0.1, -0.05) is 35.9 Å². The Morgan fingerprint density at radius 3 is 2.17 bits per heavy atom. The van der Waals surface area contributed by atoms with Gasteiger partial charge in [0.05, 0.1) is 17.7 Å². The molecule has 0 aromatic heterocycles. The van der Waals surface area contributed by atoms with E-state index in [9.17, 15) is 18.0 Å². The second-order valence-corrected chi connectivity index (χ2v) is 12.9. The van der Waals surface area contributed by atoms with E-state index < -0.39 is 34.1 Å². The van der Waals surface area contributed by atoms with Gasteiger partial charge in [0.1, 0.15) is 18.3 Å². The van der Waals surface area contributed by atoms with Crippen LogP contribution in [0.25, 0.3) is 0 Å². The van der Waals surface area contributed by atoms with Crippen LogP contribution in [0.5, 0.6) is 5.75 Å². The van der Waals surface area contributed by atoms with Crippen molar-refractivity contribution >= 4 is 39.1 Å². The van der Waals surface area contributed by atoms with E-state index in [1.807, 2.05) is 33.8 Å². The SMILES string of the molecule is COc1ccc(CN(C(=O)CN(c2cccc(C)c2)S(=O)(=O)c2ccc(Cl)cc2)[C@@H](C)C(=O)NC(C)(C)C)cc1. The van der Waals surface area contributed by atoms with Gasteiger partial charge in [-0.25, -0.2) is 8.42 Å². The van der Waals surface area contributed by atoms with E-state index in [1.54, 1.807) is 56.5 Å². The van der Waals surface area contributed by atoms with Gasteiger partial charge in [0.2, 0.25) is 11.8 Å². The van der Waals surface area contributed by atoms with Crippen LogP contribution in [0.4, 0.5) is 5.69 Å². The number of amides is 2. The third-order valence-electron chi connectivity index (χ3n) is 6.15. The Bertz CT molecular complexity index is 1440. The zero-order valence-electron chi connectivity index (χ0n) is 23.6. The van der Waals surface area contributed by atoms with Gasteiger partial charge in [-0.05, 0) is 94.3 Å². The number of nitrogens with zero attached hydrogens (tertiary/aromatic N) is 2. The Hall–Kier alpha value is -3.56. The lowest BCUT2D eigenvalue weighted by Gasteiger charge is -2.33. The first kappa shape index (κ1) is 31.0. The Balaban J connectivity index is 2.03. The van der Waals surface area contributed by atoms with Gasteiger partial charge in [-0.3, -0.25) is 13.9 Å². The summed E-state index contributed by atoms with van der Waals surface area (Å²) in [7, 11) is -2.60. The second kappa shape index (κ2) is 12.7. The van der Waals surface area contributed by atoms with Crippen molar-refractivity contribution in [3.05, 3.63) is 88.9 Å². The number of rotatable bonds is 10. The van der Waals surface area contributed by atoms with Gasteiger partial charge in [-0.2, -0.15) is 0 Å². The number of hydrogen-bond donors (Lipinski definition) is 1. The van der Waals surface area contributed by atoms with Crippen molar-refractivity contribution in [2.24, 2.45) is 0 Å². The topological polar surface area (TPSA) is 96.0 Å². The van der Waals surface area contributed by atoms with Gasteiger partial charge in [-0.15, -0.1) is 0 Å². The Morgan fingerprint density at radius 1 is 1.00 bits per heavy atom. The maximum atomic E-state index is 14.0. The molecule has 0 fully saturated rings. The number of hydrogen-bond acceptors (Lipinski definition) is 5. The molecule has 10 heteroatoms. The largest absolute Gasteiger partial charge is 0.497 e. The van der Waals surface area contributed by atoms with Crippen molar-refractivity contribution in [1.29, 1.82) is 0 Å². The number of aryl methyl sites for hydroxylation is 1. The molecule has 3 aromatic carbocycles. The number of nitrogens with one attached hydrogen (secondary N) is 1. The summed E-state index contributed by atoms with van der Waals surface area (Å²) in [6, 6.07) is 18.9. The number of carbonyl (C=O) groups is 2. The molecule has 0 saturated carbocycles. The van der Waals surface area contributed by atoms with Gasteiger partial charge in [0, 0.05) is 17.1 Å². The lowest BCUT2D eigenvalue weighted by Crippen LogP contribution is -2.54. The van der Waals surface area contributed by atoms with E-state index in [0.717, 1.165) is 15.4 Å². The molecule has 0 aliphatic heterocycles. The van der Waals surface area contributed by atoms with Crippen LogP contribution in [-0.4, -0.2) is 50.4 Å². The third-order valence-corrected chi connectivity index (χ3v) is 8.19. The number of benzene rings is 3. The summed E-state index contributed by atoms with van der Waals surface area (Å²) in [5, 5.41) is 3.31. The van der Waals surface area contributed by atoms with Crippen molar-refractivity contribution in [2.45, 2.75) is 57.6 Å². The summed E-state index contributed by atoms with van der Waals surface area (Å²) in [5.41, 5.74) is 1.40. The number of anilines is 1. The highest BCUT2D eigenvalue weighted by Gasteiger charge is 2.33. The summed E-state index contributed by atoms with van der Waals surface area (Å²) in [5.74, 6) is -0.233. The zero-order chi connectivity index (χ0) is 29.7. The number of sulfonamides is 1. The summed E-state index contributed by atoms with van der Waals surface area (Å²) >= 11 is 6.00. The third kappa shape index (κ3) is 7.99. The molecular weight excluding hydrogens is 550 g/mol. The van der Waals surface area contributed by atoms with Crippen LogP contribution < -0.4 is 14.4 Å². The molecule has 0 aliphatic carbocycles. The molecule has 1 N–H and O–H groups in total. The number of halogens is 1. The minimum atomic E-state index is -4.16. The molecule has 214 valence electrons. The molecule has 0 unspecified atom stereocenters. The van der Waals surface area contributed by atoms with Gasteiger partial charge in [0.25, 0.3) is 10.0 Å². The maximum absolute atomic E-state index is 14.0. The molecule has 8 nitrogen and oxygen atoms in total. The first-order chi connectivity index (χ1) is 18.7. The van der Waals surface area contributed by atoms with E-state index in [1.165, 1.54) is 29.2 Å². The van der Waals surface area contributed by atoms with E-state index in [4.69, 9.17) is 16.3 Å². The summed E-state index contributed by atoms with van der Waals surface area (Å²) < 4.78 is 34.0. The minimum Gasteiger partial charge on any atom is -0.497 e. The predicted molar refractivity (Wildman–Crippen MR) is 158 cm³/mol. The smallest absolute Gasteiger partial charge is 0.264 e. The van der Waals surface area contributed by atoms with Crippen LogP contribution in [0.1, 0.15) is 38.8 Å². The van der Waals surface area contributed by atoms with Gasteiger partial charge < -0.3 is 15.0 Å². The average Bonchev–Trinajstić information content (AvgIpc) is 2.89.